The average Bonchev–Trinajstić information content (AvgIpc) is 3.27. The predicted octanol–water partition coefficient (Wildman–Crippen LogP) is 17.3. The van der Waals surface area contributed by atoms with E-state index in [0.29, 0.717) is 19.3 Å². The van der Waals surface area contributed by atoms with E-state index in [9.17, 15) is 14.4 Å². The third-order valence-electron chi connectivity index (χ3n) is 11.3. The molecule has 0 saturated carbocycles. The lowest BCUT2D eigenvalue weighted by molar-refractivity contribution is -0.166. The summed E-state index contributed by atoms with van der Waals surface area (Å²) in [5.41, 5.74) is 0. The summed E-state index contributed by atoms with van der Waals surface area (Å²) in [6, 6.07) is 0. The molecule has 0 heterocycles. The zero-order valence-electron chi connectivity index (χ0n) is 40.9. The van der Waals surface area contributed by atoms with Crippen LogP contribution in [0.1, 0.15) is 258 Å². The SMILES string of the molecule is CCCCCC/C=C/CCCCCCCCCC(=O)OC(COC(=O)CC/C=C/C/C=C/CCCCCCCC)COC(=O)CCCCC/C=C/C=C/CCCCCCCCC. The van der Waals surface area contributed by atoms with Gasteiger partial charge in [0.05, 0.1) is 0 Å². The van der Waals surface area contributed by atoms with Crippen molar-refractivity contribution >= 4 is 17.9 Å². The molecule has 1 unspecified atom stereocenters. The van der Waals surface area contributed by atoms with Crippen molar-refractivity contribution in [1.82, 2.24) is 0 Å². The van der Waals surface area contributed by atoms with Gasteiger partial charge in [0.15, 0.2) is 6.10 Å². The van der Waals surface area contributed by atoms with Crippen molar-refractivity contribution in [2.24, 2.45) is 0 Å². The molecule has 0 rings (SSSR count). The van der Waals surface area contributed by atoms with E-state index < -0.39 is 6.10 Å². The highest BCUT2D eigenvalue weighted by Gasteiger charge is 2.19. The predicted molar refractivity (Wildman–Crippen MR) is 265 cm³/mol. The summed E-state index contributed by atoms with van der Waals surface area (Å²) in [6.07, 6.45) is 62.2. The van der Waals surface area contributed by atoms with Crippen LogP contribution in [0.5, 0.6) is 0 Å². The van der Waals surface area contributed by atoms with Gasteiger partial charge in [-0.1, -0.05) is 210 Å². The molecule has 358 valence electrons. The smallest absolute Gasteiger partial charge is 0.306 e. The van der Waals surface area contributed by atoms with Gasteiger partial charge in [-0.2, -0.15) is 0 Å². The second kappa shape index (κ2) is 50.8. The number of carbonyl (C=O) groups excluding carboxylic acids is 3. The maximum absolute atomic E-state index is 12.8. The van der Waals surface area contributed by atoms with Crippen LogP contribution in [0.25, 0.3) is 0 Å². The van der Waals surface area contributed by atoms with Crippen LogP contribution < -0.4 is 0 Å². The summed E-state index contributed by atoms with van der Waals surface area (Å²) in [5, 5.41) is 0. The lowest BCUT2D eigenvalue weighted by Gasteiger charge is -2.18. The van der Waals surface area contributed by atoms with Crippen LogP contribution in [0.15, 0.2) is 60.8 Å². The van der Waals surface area contributed by atoms with Crippen molar-refractivity contribution < 1.29 is 28.6 Å². The Balaban J connectivity index is 4.48. The van der Waals surface area contributed by atoms with E-state index in [-0.39, 0.29) is 37.5 Å². The summed E-state index contributed by atoms with van der Waals surface area (Å²) < 4.78 is 16.7. The second-order valence-corrected chi connectivity index (χ2v) is 17.5. The first kappa shape index (κ1) is 59.1. The van der Waals surface area contributed by atoms with E-state index in [0.717, 1.165) is 64.2 Å². The highest BCUT2D eigenvalue weighted by atomic mass is 16.6. The van der Waals surface area contributed by atoms with Gasteiger partial charge in [0.25, 0.3) is 0 Å². The van der Waals surface area contributed by atoms with Crippen LogP contribution >= 0.6 is 0 Å². The number of unbranched alkanes of at least 4 members (excludes halogenated alkanes) is 27. The molecule has 0 N–H and O–H groups in total. The fourth-order valence-corrected chi connectivity index (χ4v) is 7.24. The topological polar surface area (TPSA) is 78.9 Å². The molecule has 6 nitrogen and oxygen atoms in total. The van der Waals surface area contributed by atoms with E-state index >= 15 is 0 Å². The molecule has 0 amide bonds. The quantitative estimate of drug-likeness (QED) is 0.0199. The zero-order valence-corrected chi connectivity index (χ0v) is 40.9. The van der Waals surface area contributed by atoms with Gasteiger partial charge in [0, 0.05) is 19.3 Å². The molecule has 0 spiro atoms. The summed E-state index contributed by atoms with van der Waals surface area (Å²) >= 11 is 0. The van der Waals surface area contributed by atoms with Gasteiger partial charge in [-0.3, -0.25) is 14.4 Å². The number of allylic oxidation sites excluding steroid dienone is 10. The molecule has 0 aromatic carbocycles. The van der Waals surface area contributed by atoms with Crippen LogP contribution in [0.2, 0.25) is 0 Å². The normalized spacial score (nSPS) is 12.5. The van der Waals surface area contributed by atoms with Crippen LogP contribution in [0.4, 0.5) is 0 Å². The molecule has 0 fully saturated rings. The number of rotatable bonds is 47. The van der Waals surface area contributed by atoms with E-state index in [1.165, 1.54) is 148 Å². The van der Waals surface area contributed by atoms with Gasteiger partial charge in [-0.15, -0.1) is 0 Å². The Bertz CT molecular complexity index is 1130. The highest BCUT2D eigenvalue weighted by Crippen LogP contribution is 2.14. The fraction of sp³-hybridized carbons (Fsp3) is 0.768. The first-order chi connectivity index (χ1) is 30.5. The van der Waals surface area contributed by atoms with Crippen molar-refractivity contribution in [3.63, 3.8) is 0 Å². The molecule has 0 aliphatic rings. The number of hydrogen-bond donors (Lipinski definition) is 0. The van der Waals surface area contributed by atoms with Crippen molar-refractivity contribution in [3.8, 4) is 0 Å². The standard InChI is InChI=1S/C56H98O6/c1-4-7-10-13-16-19-22-25-27-29-31-34-37-40-43-46-49-55(58)61-52-53(51-60-54(57)48-45-42-39-36-33-30-24-21-18-15-12-9-6-3)62-56(59)50-47-44-41-38-35-32-28-26-23-20-17-14-11-8-5-2/h20,23,27,29-31,33-34,39,42,53H,4-19,21-22,24-26,28,32,35-38,40-41,43-52H2,1-3H3/b23-20+,29-27+,33-30+,34-31+,42-39+. The molecular weight excluding hydrogens is 769 g/mol. The Labute approximate surface area is 383 Å². The first-order valence-electron chi connectivity index (χ1n) is 26.3. The Morgan fingerprint density at radius 3 is 1.13 bits per heavy atom. The maximum atomic E-state index is 12.8. The molecule has 0 aliphatic heterocycles. The van der Waals surface area contributed by atoms with Gasteiger partial charge < -0.3 is 14.2 Å². The number of esters is 3. The zero-order chi connectivity index (χ0) is 45.1. The number of carbonyl (C=O) groups is 3. The Morgan fingerprint density at radius 1 is 0.339 bits per heavy atom. The minimum Gasteiger partial charge on any atom is -0.462 e. The molecule has 1 atom stereocenters. The molecule has 62 heavy (non-hydrogen) atoms. The largest absolute Gasteiger partial charge is 0.462 e. The first-order valence-corrected chi connectivity index (χ1v) is 26.3. The highest BCUT2D eigenvalue weighted by molar-refractivity contribution is 5.71. The van der Waals surface area contributed by atoms with Crippen molar-refractivity contribution in [1.29, 1.82) is 0 Å². The third kappa shape index (κ3) is 48.1. The van der Waals surface area contributed by atoms with Crippen LogP contribution in [-0.4, -0.2) is 37.2 Å². The van der Waals surface area contributed by atoms with Crippen LogP contribution in [0, 0.1) is 0 Å². The Kier molecular flexibility index (Phi) is 48.4. The number of hydrogen-bond acceptors (Lipinski definition) is 6. The van der Waals surface area contributed by atoms with Crippen molar-refractivity contribution in [2.75, 3.05) is 13.2 Å². The van der Waals surface area contributed by atoms with Crippen molar-refractivity contribution in [3.05, 3.63) is 60.8 Å². The molecular formula is C56H98O6. The van der Waals surface area contributed by atoms with E-state index in [4.69, 9.17) is 14.2 Å². The van der Waals surface area contributed by atoms with Crippen molar-refractivity contribution in [2.45, 2.75) is 264 Å². The van der Waals surface area contributed by atoms with Gasteiger partial charge in [-0.25, -0.2) is 0 Å². The molecule has 0 bridgehead atoms. The van der Waals surface area contributed by atoms with E-state index in [2.05, 4.69) is 75.5 Å². The number of ether oxygens (including phenoxy) is 3. The summed E-state index contributed by atoms with van der Waals surface area (Å²) in [6.45, 7) is 6.54. The van der Waals surface area contributed by atoms with Gasteiger partial charge in [-0.05, 0) is 89.9 Å². The third-order valence-corrected chi connectivity index (χ3v) is 11.3. The molecule has 6 heteroatoms. The lowest BCUT2D eigenvalue weighted by atomic mass is 10.1. The molecule has 0 saturated heterocycles. The second-order valence-electron chi connectivity index (χ2n) is 17.5. The fourth-order valence-electron chi connectivity index (χ4n) is 7.24. The van der Waals surface area contributed by atoms with E-state index in [1.807, 2.05) is 6.08 Å². The summed E-state index contributed by atoms with van der Waals surface area (Å²) in [5.74, 6) is -1.00. The van der Waals surface area contributed by atoms with E-state index in [1.54, 1.807) is 0 Å². The van der Waals surface area contributed by atoms with Gasteiger partial charge in [0.1, 0.15) is 13.2 Å². The minimum absolute atomic E-state index is 0.106. The Morgan fingerprint density at radius 2 is 0.661 bits per heavy atom. The molecule has 0 aliphatic carbocycles. The average molecular weight is 867 g/mol. The monoisotopic (exact) mass is 867 g/mol. The molecule has 0 aromatic heterocycles. The molecule has 0 aromatic rings. The van der Waals surface area contributed by atoms with Crippen LogP contribution in [0.3, 0.4) is 0 Å². The lowest BCUT2D eigenvalue weighted by Crippen LogP contribution is -2.30. The van der Waals surface area contributed by atoms with Gasteiger partial charge >= 0.3 is 17.9 Å². The summed E-state index contributed by atoms with van der Waals surface area (Å²) in [7, 11) is 0. The summed E-state index contributed by atoms with van der Waals surface area (Å²) in [4.78, 5) is 37.9. The Hall–Kier alpha value is -2.89. The minimum atomic E-state index is -0.808. The van der Waals surface area contributed by atoms with Crippen LogP contribution in [-0.2, 0) is 28.6 Å². The maximum Gasteiger partial charge on any atom is 0.306 e. The van der Waals surface area contributed by atoms with Gasteiger partial charge in [0.2, 0.25) is 0 Å². The molecule has 0 radical (unpaired) electrons.